The highest BCUT2D eigenvalue weighted by molar-refractivity contribution is 8.27. The molecule has 1 fully saturated rings. The molecule has 1 aliphatic rings. The van der Waals surface area contributed by atoms with E-state index in [-0.39, 0.29) is 5.91 Å². The van der Waals surface area contributed by atoms with Gasteiger partial charge in [-0.25, -0.2) is 0 Å². The molecular weight excluding hydrogens is 445 g/mol. The van der Waals surface area contributed by atoms with Crippen LogP contribution >= 0.6 is 47.2 Å². The van der Waals surface area contributed by atoms with Crippen molar-refractivity contribution in [2.24, 2.45) is 0 Å². The van der Waals surface area contributed by atoms with Gasteiger partial charge in [0.05, 0.1) is 15.6 Å². The quantitative estimate of drug-likeness (QED) is 0.304. The highest BCUT2D eigenvalue weighted by Gasteiger charge is 2.34. The van der Waals surface area contributed by atoms with E-state index in [9.17, 15) is 4.79 Å². The Hall–Kier alpha value is -2.05. The SMILES string of the molecule is CCc1ccccc1N1C(=O)/C(=C\c2ccc(-c3cc(Cl)ccc3Cl)o2)SC1=S. The predicted molar refractivity (Wildman–Crippen MR) is 126 cm³/mol. The summed E-state index contributed by atoms with van der Waals surface area (Å²) in [5.41, 5.74) is 2.59. The number of carbonyl (C=O) groups is 1. The minimum absolute atomic E-state index is 0.153. The van der Waals surface area contributed by atoms with Crippen molar-refractivity contribution in [1.82, 2.24) is 0 Å². The largest absolute Gasteiger partial charge is 0.457 e. The number of halogens is 2. The van der Waals surface area contributed by atoms with Crippen LogP contribution in [0.3, 0.4) is 0 Å². The van der Waals surface area contributed by atoms with E-state index >= 15 is 0 Å². The molecule has 29 heavy (non-hydrogen) atoms. The predicted octanol–water partition coefficient (Wildman–Crippen LogP) is 7.22. The minimum Gasteiger partial charge on any atom is -0.457 e. The number of anilines is 1. The van der Waals surface area contributed by atoms with E-state index in [4.69, 9.17) is 39.8 Å². The van der Waals surface area contributed by atoms with Crippen molar-refractivity contribution in [3.8, 4) is 11.3 Å². The average molecular weight is 460 g/mol. The van der Waals surface area contributed by atoms with Crippen molar-refractivity contribution in [3.63, 3.8) is 0 Å². The number of rotatable bonds is 4. The second kappa shape index (κ2) is 8.36. The van der Waals surface area contributed by atoms with Gasteiger partial charge in [0.2, 0.25) is 0 Å². The first-order valence-electron chi connectivity index (χ1n) is 8.89. The molecule has 1 saturated heterocycles. The molecule has 146 valence electrons. The maximum absolute atomic E-state index is 13.0. The van der Waals surface area contributed by atoms with Crippen molar-refractivity contribution in [3.05, 3.63) is 80.9 Å². The van der Waals surface area contributed by atoms with Crippen LogP contribution in [0.4, 0.5) is 5.69 Å². The van der Waals surface area contributed by atoms with Gasteiger partial charge in [-0.05, 0) is 48.4 Å². The van der Waals surface area contributed by atoms with E-state index in [1.165, 1.54) is 11.8 Å². The summed E-state index contributed by atoms with van der Waals surface area (Å²) in [6, 6.07) is 16.6. The summed E-state index contributed by atoms with van der Waals surface area (Å²) >= 11 is 19.1. The summed E-state index contributed by atoms with van der Waals surface area (Å²) in [5.74, 6) is 0.968. The fourth-order valence-electron chi connectivity index (χ4n) is 3.09. The van der Waals surface area contributed by atoms with E-state index in [2.05, 4.69) is 6.92 Å². The zero-order valence-corrected chi connectivity index (χ0v) is 18.5. The van der Waals surface area contributed by atoms with Gasteiger partial charge >= 0.3 is 0 Å². The molecule has 1 amide bonds. The van der Waals surface area contributed by atoms with Crippen LogP contribution in [0.5, 0.6) is 0 Å². The number of benzene rings is 2. The number of furan rings is 1. The number of aryl methyl sites for hydroxylation is 1. The topological polar surface area (TPSA) is 33.5 Å². The van der Waals surface area contributed by atoms with E-state index in [0.29, 0.717) is 36.4 Å². The van der Waals surface area contributed by atoms with E-state index in [0.717, 1.165) is 17.7 Å². The number of amides is 1. The van der Waals surface area contributed by atoms with Gasteiger partial charge in [0.1, 0.15) is 11.5 Å². The third-order valence-electron chi connectivity index (χ3n) is 4.50. The number of hydrogen-bond donors (Lipinski definition) is 0. The van der Waals surface area contributed by atoms with Gasteiger partial charge in [-0.3, -0.25) is 9.69 Å². The molecule has 0 unspecified atom stereocenters. The van der Waals surface area contributed by atoms with Gasteiger partial charge in [0.25, 0.3) is 5.91 Å². The Balaban J connectivity index is 1.65. The van der Waals surface area contributed by atoms with Crippen LogP contribution in [0.25, 0.3) is 17.4 Å². The molecule has 2 heterocycles. The normalized spacial score (nSPS) is 15.6. The Kier molecular flexibility index (Phi) is 5.83. The third-order valence-corrected chi connectivity index (χ3v) is 6.37. The summed E-state index contributed by atoms with van der Waals surface area (Å²) in [4.78, 5) is 15.1. The van der Waals surface area contributed by atoms with Gasteiger partial charge in [-0.2, -0.15) is 0 Å². The zero-order chi connectivity index (χ0) is 20.5. The summed E-state index contributed by atoms with van der Waals surface area (Å²) in [7, 11) is 0. The smallest absolute Gasteiger partial charge is 0.270 e. The van der Waals surface area contributed by atoms with Gasteiger partial charge in [-0.15, -0.1) is 0 Å². The first-order valence-corrected chi connectivity index (χ1v) is 10.9. The van der Waals surface area contributed by atoms with Gasteiger partial charge in [-0.1, -0.05) is 72.3 Å². The van der Waals surface area contributed by atoms with Crippen LogP contribution < -0.4 is 4.90 Å². The Morgan fingerprint density at radius 3 is 2.72 bits per heavy atom. The monoisotopic (exact) mass is 459 g/mol. The summed E-state index contributed by atoms with van der Waals surface area (Å²) < 4.78 is 6.40. The fourth-order valence-corrected chi connectivity index (χ4v) is 4.74. The van der Waals surface area contributed by atoms with Crippen LogP contribution in [0.1, 0.15) is 18.2 Å². The minimum atomic E-state index is -0.153. The van der Waals surface area contributed by atoms with Gasteiger partial charge in [0, 0.05) is 16.7 Å². The second-order valence-corrected chi connectivity index (χ2v) is 8.84. The molecule has 7 heteroatoms. The number of carbonyl (C=O) groups excluding carboxylic acids is 1. The summed E-state index contributed by atoms with van der Waals surface area (Å²) in [6.45, 7) is 2.05. The molecule has 3 nitrogen and oxygen atoms in total. The lowest BCUT2D eigenvalue weighted by molar-refractivity contribution is -0.113. The fraction of sp³-hybridized carbons (Fsp3) is 0.0909. The maximum Gasteiger partial charge on any atom is 0.270 e. The molecule has 2 aromatic carbocycles. The van der Waals surface area contributed by atoms with E-state index in [1.807, 2.05) is 24.3 Å². The van der Waals surface area contributed by atoms with E-state index in [1.54, 1.807) is 41.3 Å². The first kappa shape index (κ1) is 20.2. The Morgan fingerprint density at radius 2 is 1.93 bits per heavy atom. The highest BCUT2D eigenvalue weighted by Crippen LogP contribution is 2.38. The first-order chi connectivity index (χ1) is 14.0. The Bertz CT molecular complexity index is 1150. The van der Waals surface area contributed by atoms with Crippen molar-refractivity contribution in [1.29, 1.82) is 0 Å². The second-order valence-electron chi connectivity index (χ2n) is 6.33. The molecule has 1 aliphatic heterocycles. The number of hydrogen-bond acceptors (Lipinski definition) is 4. The lowest BCUT2D eigenvalue weighted by Gasteiger charge is -2.17. The van der Waals surface area contributed by atoms with Crippen LogP contribution in [0, 0.1) is 0 Å². The molecule has 0 aliphatic carbocycles. The molecular formula is C22H15Cl2NO2S2. The van der Waals surface area contributed by atoms with Crippen molar-refractivity contribution in [2.45, 2.75) is 13.3 Å². The van der Waals surface area contributed by atoms with Crippen LogP contribution in [0.2, 0.25) is 10.0 Å². The maximum atomic E-state index is 13.0. The van der Waals surface area contributed by atoms with Crippen LogP contribution in [-0.2, 0) is 11.2 Å². The van der Waals surface area contributed by atoms with Crippen molar-refractivity contribution >= 4 is 69.2 Å². The van der Waals surface area contributed by atoms with Crippen LogP contribution in [0.15, 0.2) is 63.9 Å². The van der Waals surface area contributed by atoms with E-state index < -0.39 is 0 Å². The number of nitrogens with zero attached hydrogens (tertiary/aromatic N) is 1. The summed E-state index contributed by atoms with van der Waals surface area (Å²) in [6.07, 6.45) is 2.52. The third kappa shape index (κ3) is 4.01. The van der Waals surface area contributed by atoms with Gasteiger partial charge < -0.3 is 4.42 Å². The molecule has 0 radical (unpaired) electrons. The van der Waals surface area contributed by atoms with Crippen molar-refractivity contribution in [2.75, 3.05) is 4.90 Å². The number of thiocarbonyl (C=S) groups is 1. The molecule has 0 bridgehead atoms. The molecule has 0 spiro atoms. The van der Waals surface area contributed by atoms with Crippen molar-refractivity contribution < 1.29 is 9.21 Å². The number of para-hydroxylation sites is 1. The number of thioether (sulfide) groups is 1. The Labute approximate surface area is 188 Å². The lowest BCUT2D eigenvalue weighted by atomic mass is 10.1. The molecule has 1 aromatic heterocycles. The van der Waals surface area contributed by atoms with Crippen LogP contribution in [-0.4, -0.2) is 10.2 Å². The highest BCUT2D eigenvalue weighted by atomic mass is 35.5. The average Bonchev–Trinajstić information content (AvgIpc) is 3.28. The Morgan fingerprint density at radius 1 is 1.14 bits per heavy atom. The molecule has 0 N–H and O–H groups in total. The molecule has 4 rings (SSSR count). The summed E-state index contributed by atoms with van der Waals surface area (Å²) in [5, 5.41) is 1.11. The molecule has 0 atom stereocenters. The zero-order valence-electron chi connectivity index (χ0n) is 15.3. The van der Waals surface area contributed by atoms with Gasteiger partial charge in [0.15, 0.2) is 4.32 Å². The lowest BCUT2D eigenvalue weighted by Crippen LogP contribution is -2.28. The molecule has 3 aromatic rings. The molecule has 0 saturated carbocycles. The standard InChI is InChI=1S/C22H15Cl2NO2S2/c1-2-13-5-3-4-6-18(13)25-21(26)20(29-22(25)28)12-15-8-10-19(27-15)16-11-14(23)7-9-17(16)24/h3-12H,2H2,1H3/b20-12+.